The number of rotatable bonds is 7. The van der Waals surface area contributed by atoms with Crippen LogP contribution in [-0.2, 0) is 0 Å². The zero-order valence-electron chi connectivity index (χ0n) is 16.9. The molecule has 1 aliphatic carbocycles. The van der Waals surface area contributed by atoms with Gasteiger partial charge >= 0.3 is 0 Å². The van der Waals surface area contributed by atoms with Gasteiger partial charge < -0.3 is 4.98 Å². The smallest absolute Gasteiger partial charge is 0.192 e. The van der Waals surface area contributed by atoms with Gasteiger partial charge in [-0.3, -0.25) is 19.1 Å². The van der Waals surface area contributed by atoms with Gasteiger partial charge in [0.1, 0.15) is 0 Å². The second kappa shape index (κ2) is 7.59. The van der Waals surface area contributed by atoms with Crippen molar-refractivity contribution in [2.24, 2.45) is 0 Å². The highest BCUT2D eigenvalue weighted by Crippen LogP contribution is 2.42. The Morgan fingerprint density at radius 3 is 2.48 bits per heavy atom. The first-order valence-electron chi connectivity index (χ1n) is 9.64. The Hall–Kier alpha value is -2.74. The highest BCUT2D eigenvalue weighted by atomic mass is 32.2. The van der Waals surface area contributed by atoms with E-state index in [9.17, 15) is 9.59 Å². The molecule has 8 heteroatoms. The van der Waals surface area contributed by atoms with Crippen molar-refractivity contribution in [1.82, 2.24) is 24.7 Å². The summed E-state index contributed by atoms with van der Waals surface area (Å²) in [6.45, 7) is 7.03. The molecule has 150 valence electrons. The summed E-state index contributed by atoms with van der Waals surface area (Å²) in [6, 6.07) is 4.21. The summed E-state index contributed by atoms with van der Waals surface area (Å²) >= 11 is 1.41. The molecule has 1 unspecified atom stereocenters. The Bertz CT molecular complexity index is 1080. The third kappa shape index (κ3) is 3.64. The Labute approximate surface area is 173 Å². The van der Waals surface area contributed by atoms with Gasteiger partial charge in [0, 0.05) is 35.3 Å². The average Bonchev–Trinajstić information content (AvgIpc) is 3.38. The first kappa shape index (κ1) is 19.6. The number of pyridine rings is 1. The maximum absolute atomic E-state index is 13.1. The minimum Gasteiger partial charge on any atom is -0.355 e. The molecule has 0 spiro atoms. The molecule has 0 aliphatic heterocycles. The number of aromatic nitrogens is 5. The van der Waals surface area contributed by atoms with Crippen LogP contribution in [0.1, 0.15) is 64.8 Å². The van der Waals surface area contributed by atoms with Crippen LogP contribution in [0.4, 0.5) is 0 Å². The van der Waals surface area contributed by atoms with Crippen molar-refractivity contribution < 1.29 is 9.59 Å². The normalized spacial score (nSPS) is 14.8. The van der Waals surface area contributed by atoms with Crippen LogP contribution in [-0.4, -0.2) is 41.5 Å². The van der Waals surface area contributed by atoms with E-state index < -0.39 is 0 Å². The molecular weight excluding hydrogens is 386 g/mol. The van der Waals surface area contributed by atoms with Gasteiger partial charge in [-0.2, -0.15) is 0 Å². The van der Waals surface area contributed by atoms with Crippen LogP contribution >= 0.6 is 11.8 Å². The first-order chi connectivity index (χ1) is 13.9. The van der Waals surface area contributed by atoms with E-state index in [0.29, 0.717) is 22.9 Å². The van der Waals surface area contributed by atoms with Crippen LogP contribution in [0, 0.1) is 13.8 Å². The second-order valence-corrected chi connectivity index (χ2v) is 8.76. The van der Waals surface area contributed by atoms with Crippen LogP contribution in [0.5, 0.6) is 0 Å². The van der Waals surface area contributed by atoms with E-state index >= 15 is 0 Å². The van der Waals surface area contributed by atoms with Gasteiger partial charge in [-0.05, 0) is 58.2 Å². The highest BCUT2D eigenvalue weighted by Gasteiger charge is 2.32. The third-order valence-corrected chi connectivity index (χ3v) is 6.26. The van der Waals surface area contributed by atoms with Gasteiger partial charge in [0.25, 0.3) is 0 Å². The first-order valence-corrected chi connectivity index (χ1v) is 10.5. The number of nitrogens with one attached hydrogen (secondary N) is 1. The number of carbonyl (C=O) groups excluding carboxylic acids is 2. The van der Waals surface area contributed by atoms with Gasteiger partial charge in [-0.1, -0.05) is 11.8 Å². The number of hydrogen-bond acceptors (Lipinski definition) is 6. The molecule has 0 saturated heterocycles. The summed E-state index contributed by atoms with van der Waals surface area (Å²) in [7, 11) is 0. The maximum atomic E-state index is 13.1. The molecule has 7 nitrogen and oxygen atoms in total. The summed E-state index contributed by atoms with van der Waals surface area (Å²) < 4.78 is 2.14. The molecule has 4 rings (SSSR count). The van der Waals surface area contributed by atoms with Gasteiger partial charge in [-0.15, -0.1) is 10.2 Å². The number of thioether (sulfide) groups is 1. The predicted molar refractivity (Wildman–Crippen MR) is 111 cm³/mol. The molecule has 29 heavy (non-hydrogen) atoms. The molecule has 0 bridgehead atoms. The van der Waals surface area contributed by atoms with Crippen LogP contribution in [0.2, 0.25) is 0 Å². The van der Waals surface area contributed by atoms with Crippen LogP contribution in [0.3, 0.4) is 0 Å². The third-order valence-electron chi connectivity index (χ3n) is 5.20. The zero-order valence-corrected chi connectivity index (χ0v) is 17.7. The summed E-state index contributed by atoms with van der Waals surface area (Å²) in [5.41, 5.74) is 3.52. The molecule has 3 aromatic rings. The molecule has 0 radical (unpaired) electrons. The fourth-order valence-electron chi connectivity index (χ4n) is 3.66. The molecule has 3 heterocycles. The lowest BCUT2D eigenvalue weighted by atomic mass is 10.0. The zero-order chi connectivity index (χ0) is 20.7. The fourth-order valence-corrected chi connectivity index (χ4v) is 4.63. The van der Waals surface area contributed by atoms with Crippen molar-refractivity contribution in [3.8, 4) is 11.4 Å². The van der Waals surface area contributed by atoms with Gasteiger partial charge in [0.05, 0.1) is 10.9 Å². The Morgan fingerprint density at radius 2 is 1.90 bits per heavy atom. The monoisotopic (exact) mass is 409 g/mol. The molecule has 1 N–H and O–H groups in total. The number of aromatic amines is 1. The largest absolute Gasteiger partial charge is 0.355 e. The van der Waals surface area contributed by atoms with E-state index in [1.807, 2.05) is 32.9 Å². The van der Waals surface area contributed by atoms with Gasteiger partial charge in [-0.25, -0.2) is 0 Å². The summed E-state index contributed by atoms with van der Waals surface area (Å²) in [4.78, 5) is 32.2. The number of hydrogen-bond donors (Lipinski definition) is 1. The molecule has 1 saturated carbocycles. The van der Waals surface area contributed by atoms with E-state index in [1.54, 1.807) is 12.4 Å². The minimum atomic E-state index is -0.362. The minimum absolute atomic E-state index is 0.0360. The summed E-state index contributed by atoms with van der Waals surface area (Å²) in [6.07, 6.45) is 5.65. The van der Waals surface area contributed by atoms with E-state index in [4.69, 9.17) is 0 Å². The van der Waals surface area contributed by atoms with Gasteiger partial charge in [0.2, 0.25) is 0 Å². The van der Waals surface area contributed by atoms with Crippen molar-refractivity contribution in [2.75, 3.05) is 0 Å². The highest BCUT2D eigenvalue weighted by molar-refractivity contribution is 8.00. The number of H-pyrrole nitrogens is 1. The van der Waals surface area contributed by atoms with Crippen LogP contribution in [0.25, 0.3) is 11.4 Å². The molecule has 3 aromatic heterocycles. The molecule has 1 fully saturated rings. The van der Waals surface area contributed by atoms with Crippen molar-refractivity contribution in [1.29, 1.82) is 0 Å². The second-order valence-electron chi connectivity index (χ2n) is 7.45. The van der Waals surface area contributed by atoms with Crippen LogP contribution in [0.15, 0.2) is 29.7 Å². The lowest BCUT2D eigenvalue weighted by Gasteiger charge is -2.12. The molecule has 1 atom stereocenters. The Balaban J connectivity index is 1.62. The quantitative estimate of drug-likeness (QED) is 0.465. The predicted octanol–water partition coefficient (Wildman–Crippen LogP) is 4.19. The topological polar surface area (TPSA) is 93.5 Å². The number of Topliss-reactive ketones (excluding diaryl/α,β-unsaturated/α-hetero) is 2. The fraction of sp³-hybridized carbons (Fsp3) is 0.381. The Morgan fingerprint density at radius 1 is 1.21 bits per heavy atom. The maximum Gasteiger partial charge on any atom is 0.192 e. The molecular formula is C21H23N5O2S. The molecule has 0 aromatic carbocycles. The standard InChI is InChI=1S/C21H23N5O2S/c1-11-17(13(3)27)12(2)23-18(11)19(28)14(4)29-21-25-24-20(26(21)16-5-6-16)15-7-9-22-10-8-15/h7-10,14,16,23H,5-6H2,1-4H3. The van der Waals surface area contributed by atoms with Crippen molar-refractivity contribution >= 4 is 23.3 Å². The SMILES string of the molecule is CC(=O)c1c(C)[nH]c(C(=O)C(C)Sc2nnc(-c3ccncc3)n2C2CC2)c1C. The van der Waals surface area contributed by atoms with Crippen molar-refractivity contribution in [3.05, 3.63) is 47.0 Å². The summed E-state index contributed by atoms with van der Waals surface area (Å²) in [5, 5.41) is 9.16. The van der Waals surface area contributed by atoms with Crippen molar-refractivity contribution in [2.45, 2.75) is 57.0 Å². The molecule has 1 aliphatic rings. The van der Waals surface area contributed by atoms with Crippen LogP contribution < -0.4 is 0 Å². The average molecular weight is 410 g/mol. The molecule has 0 amide bonds. The van der Waals surface area contributed by atoms with E-state index in [0.717, 1.165) is 35.1 Å². The summed E-state index contributed by atoms with van der Waals surface area (Å²) in [5.74, 6) is 0.729. The lowest BCUT2D eigenvalue weighted by molar-refractivity contribution is 0.0988. The van der Waals surface area contributed by atoms with E-state index in [1.165, 1.54) is 18.7 Å². The Kier molecular flexibility index (Phi) is 5.12. The van der Waals surface area contributed by atoms with E-state index in [2.05, 4.69) is 24.7 Å². The number of aryl methyl sites for hydroxylation is 1. The number of ketones is 2. The van der Waals surface area contributed by atoms with Crippen molar-refractivity contribution in [3.63, 3.8) is 0 Å². The number of carbonyl (C=O) groups is 2. The number of nitrogens with zero attached hydrogens (tertiary/aromatic N) is 4. The van der Waals surface area contributed by atoms with Gasteiger partial charge in [0.15, 0.2) is 22.5 Å². The van der Waals surface area contributed by atoms with E-state index in [-0.39, 0.29) is 16.8 Å². The lowest BCUT2D eigenvalue weighted by Crippen LogP contribution is -2.16.